The van der Waals surface area contributed by atoms with Gasteiger partial charge >= 0.3 is 6.36 Å². The number of alkyl halides is 3. The summed E-state index contributed by atoms with van der Waals surface area (Å²) < 4.78 is 36.0. The summed E-state index contributed by atoms with van der Waals surface area (Å²) in [6, 6.07) is 0. The Kier molecular flexibility index (Phi) is 2.44. The van der Waals surface area contributed by atoms with Crippen LogP contribution in [-0.2, 0) is 9.53 Å². The highest BCUT2D eigenvalue weighted by atomic mass is 19.4. The number of halogens is 3. The smallest absolute Gasteiger partial charge is 0.368 e. The van der Waals surface area contributed by atoms with Crippen molar-refractivity contribution in [2.75, 3.05) is 6.61 Å². The quantitative estimate of drug-likeness (QED) is 0.591. The second-order valence-electron chi connectivity index (χ2n) is 1.20. The largest absolute Gasteiger partial charge is 0.523 e. The minimum atomic E-state index is -4.77. The monoisotopic (exact) mass is 143 g/mol. The molecule has 6 heteroatoms. The summed E-state index contributed by atoms with van der Waals surface area (Å²) in [5, 5.41) is 0. The van der Waals surface area contributed by atoms with Gasteiger partial charge in [0.2, 0.25) is 5.91 Å². The minimum absolute atomic E-state index is 1.12. The van der Waals surface area contributed by atoms with E-state index in [2.05, 4.69) is 10.5 Å². The van der Waals surface area contributed by atoms with Gasteiger partial charge in [0.1, 0.15) is 6.61 Å². The van der Waals surface area contributed by atoms with Crippen LogP contribution in [0.2, 0.25) is 0 Å². The fourth-order valence-electron chi connectivity index (χ4n) is 0.153. The second-order valence-corrected chi connectivity index (χ2v) is 1.20. The lowest BCUT2D eigenvalue weighted by atomic mass is 10.7. The van der Waals surface area contributed by atoms with Crippen molar-refractivity contribution in [3.63, 3.8) is 0 Å². The van der Waals surface area contributed by atoms with Crippen molar-refractivity contribution in [3.05, 3.63) is 0 Å². The van der Waals surface area contributed by atoms with E-state index >= 15 is 0 Å². The van der Waals surface area contributed by atoms with Crippen molar-refractivity contribution in [3.8, 4) is 0 Å². The van der Waals surface area contributed by atoms with Crippen LogP contribution in [0, 0.1) is 0 Å². The van der Waals surface area contributed by atoms with Crippen LogP contribution in [0.15, 0.2) is 0 Å². The molecule has 0 unspecified atom stereocenters. The van der Waals surface area contributed by atoms with Crippen LogP contribution < -0.4 is 5.73 Å². The Morgan fingerprint density at radius 1 is 1.56 bits per heavy atom. The predicted octanol–water partition coefficient (Wildman–Crippen LogP) is 0.00810. The van der Waals surface area contributed by atoms with E-state index in [4.69, 9.17) is 0 Å². The first-order chi connectivity index (χ1) is 3.92. The van der Waals surface area contributed by atoms with Gasteiger partial charge in [-0.15, -0.1) is 13.2 Å². The number of hydrogen-bond acceptors (Lipinski definition) is 2. The SMILES string of the molecule is NC(=O)COC(F)(F)F. The molecule has 0 spiro atoms. The van der Waals surface area contributed by atoms with E-state index in [9.17, 15) is 18.0 Å². The molecule has 54 valence electrons. The first-order valence-electron chi connectivity index (χ1n) is 1.91. The molecule has 0 saturated heterocycles. The molecule has 0 aliphatic carbocycles. The first-order valence-corrected chi connectivity index (χ1v) is 1.91. The normalized spacial score (nSPS) is 11.4. The third-order valence-corrected chi connectivity index (χ3v) is 0.378. The summed E-state index contributed by atoms with van der Waals surface area (Å²) in [6.45, 7) is -1.12. The van der Waals surface area contributed by atoms with E-state index in [1.165, 1.54) is 0 Å². The molecular weight excluding hydrogens is 139 g/mol. The lowest BCUT2D eigenvalue weighted by molar-refractivity contribution is -0.320. The summed E-state index contributed by atoms with van der Waals surface area (Å²) in [5.41, 5.74) is 4.34. The average Bonchev–Trinajstić information content (AvgIpc) is 1.59. The molecule has 0 bridgehead atoms. The highest BCUT2D eigenvalue weighted by molar-refractivity contribution is 5.74. The Morgan fingerprint density at radius 3 is 2.11 bits per heavy atom. The van der Waals surface area contributed by atoms with E-state index < -0.39 is 18.9 Å². The highest BCUT2D eigenvalue weighted by Gasteiger charge is 2.29. The van der Waals surface area contributed by atoms with Gasteiger partial charge in [0.05, 0.1) is 0 Å². The number of primary amides is 1. The molecule has 1 amide bonds. The van der Waals surface area contributed by atoms with Gasteiger partial charge in [-0.1, -0.05) is 0 Å². The minimum Gasteiger partial charge on any atom is -0.368 e. The number of nitrogens with two attached hydrogens (primary N) is 1. The zero-order chi connectivity index (χ0) is 7.49. The number of rotatable bonds is 2. The van der Waals surface area contributed by atoms with Crippen LogP contribution in [0.4, 0.5) is 13.2 Å². The van der Waals surface area contributed by atoms with E-state index in [-0.39, 0.29) is 0 Å². The molecule has 3 nitrogen and oxygen atoms in total. The molecule has 0 aromatic rings. The summed E-state index contributed by atoms with van der Waals surface area (Å²) in [7, 11) is 0. The van der Waals surface area contributed by atoms with Gasteiger partial charge in [-0.25, -0.2) is 0 Å². The van der Waals surface area contributed by atoms with E-state index in [1.54, 1.807) is 0 Å². The average molecular weight is 143 g/mol. The predicted molar refractivity (Wildman–Crippen MR) is 21.2 cm³/mol. The summed E-state index contributed by atoms with van der Waals surface area (Å²) in [5.74, 6) is -1.15. The van der Waals surface area contributed by atoms with Crippen molar-refractivity contribution in [2.45, 2.75) is 6.36 Å². The fourth-order valence-corrected chi connectivity index (χ4v) is 0.153. The molecule has 0 radical (unpaired) electrons. The number of hydrogen-bond donors (Lipinski definition) is 1. The lowest BCUT2D eigenvalue weighted by Crippen LogP contribution is -2.24. The maximum atomic E-state index is 11.0. The Morgan fingerprint density at radius 2 is 2.00 bits per heavy atom. The molecule has 0 aromatic heterocycles. The van der Waals surface area contributed by atoms with Gasteiger partial charge in [-0.2, -0.15) is 0 Å². The van der Waals surface area contributed by atoms with Crippen LogP contribution in [-0.4, -0.2) is 18.9 Å². The van der Waals surface area contributed by atoms with E-state index in [0.717, 1.165) is 0 Å². The molecule has 0 fully saturated rings. The van der Waals surface area contributed by atoms with Crippen molar-refractivity contribution in [1.82, 2.24) is 0 Å². The van der Waals surface area contributed by atoms with E-state index in [1.807, 2.05) is 0 Å². The molecule has 0 aliphatic heterocycles. The standard InChI is InChI=1S/C3H4F3NO2/c4-3(5,6)9-1-2(7)8/h1H2,(H2,7,8). The van der Waals surface area contributed by atoms with Crippen molar-refractivity contribution in [1.29, 1.82) is 0 Å². The third kappa shape index (κ3) is 7.22. The van der Waals surface area contributed by atoms with E-state index in [0.29, 0.717) is 0 Å². The van der Waals surface area contributed by atoms with Crippen LogP contribution in [0.25, 0.3) is 0 Å². The zero-order valence-electron chi connectivity index (χ0n) is 4.23. The third-order valence-electron chi connectivity index (χ3n) is 0.378. The second kappa shape index (κ2) is 2.67. The number of carbonyl (C=O) groups is 1. The lowest BCUT2D eigenvalue weighted by Gasteiger charge is -2.02. The summed E-state index contributed by atoms with van der Waals surface area (Å²) >= 11 is 0. The van der Waals surface area contributed by atoms with Gasteiger partial charge in [0.15, 0.2) is 0 Å². The highest BCUT2D eigenvalue weighted by Crippen LogP contribution is 2.14. The molecule has 0 heterocycles. The molecule has 0 aliphatic rings. The fraction of sp³-hybridized carbons (Fsp3) is 0.667. The molecule has 0 saturated carbocycles. The molecule has 0 rings (SSSR count). The Labute approximate surface area is 48.6 Å². The number of ether oxygens (including phenoxy) is 1. The Balaban J connectivity index is 3.39. The number of amides is 1. The maximum Gasteiger partial charge on any atom is 0.523 e. The van der Waals surface area contributed by atoms with Crippen LogP contribution in [0.1, 0.15) is 0 Å². The molecule has 2 N–H and O–H groups in total. The molecule has 0 atom stereocenters. The zero-order valence-corrected chi connectivity index (χ0v) is 4.23. The van der Waals surface area contributed by atoms with Gasteiger partial charge in [-0.05, 0) is 0 Å². The Bertz CT molecular complexity index is 110. The van der Waals surface area contributed by atoms with Gasteiger partial charge in [0.25, 0.3) is 0 Å². The first kappa shape index (κ1) is 8.22. The van der Waals surface area contributed by atoms with Gasteiger partial charge in [0, 0.05) is 0 Å². The van der Waals surface area contributed by atoms with Crippen molar-refractivity contribution < 1.29 is 22.7 Å². The van der Waals surface area contributed by atoms with Gasteiger partial charge in [-0.3, -0.25) is 9.53 Å². The molecule has 9 heavy (non-hydrogen) atoms. The summed E-state index contributed by atoms with van der Waals surface area (Å²) in [4.78, 5) is 9.64. The van der Waals surface area contributed by atoms with Crippen LogP contribution in [0.3, 0.4) is 0 Å². The van der Waals surface area contributed by atoms with Gasteiger partial charge < -0.3 is 5.73 Å². The van der Waals surface area contributed by atoms with Crippen LogP contribution in [0.5, 0.6) is 0 Å². The van der Waals surface area contributed by atoms with Crippen LogP contribution >= 0.6 is 0 Å². The summed E-state index contributed by atoms with van der Waals surface area (Å²) in [6.07, 6.45) is -4.77. The number of carbonyl (C=O) groups excluding carboxylic acids is 1. The van der Waals surface area contributed by atoms with Crippen molar-refractivity contribution in [2.24, 2.45) is 5.73 Å². The molecule has 0 aromatic carbocycles. The molecular formula is C3H4F3NO2. The van der Waals surface area contributed by atoms with Crippen molar-refractivity contribution >= 4 is 5.91 Å². The Hall–Kier alpha value is -0.780. The topological polar surface area (TPSA) is 52.3 Å². The maximum absolute atomic E-state index is 11.0.